The molecule has 0 atom stereocenters. The summed E-state index contributed by atoms with van der Waals surface area (Å²) in [5.74, 6) is 0.642. The van der Waals surface area contributed by atoms with Crippen LogP contribution in [0.15, 0.2) is 48.5 Å². The van der Waals surface area contributed by atoms with Crippen LogP contribution in [0.2, 0.25) is 0 Å². The highest BCUT2D eigenvalue weighted by Gasteiger charge is 2.08. The first-order chi connectivity index (χ1) is 10.7. The van der Waals surface area contributed by atoms with Crippen LogP contribution in [0.25, 0.3) is 0 Å². The Bertz CT molecular complexity index is 541. The Balaban J connectivity index is 1.89. The van der Waals surface area contributed by atoms with Crippen LogP contribution >= 0.6 is 0 Å². The number of alkyl halides is 2. The highest BCUT2D eigenvalue weighted by molar-refractivity contribution is 5.67. The second-order valence-electron chi connectivity index (χ2n) is 4.62. The van der Waals surface area contributed by atoms with E-state index in [0.717, 1.165) is 11.1 Å². The van der Waals surface area contributed by atoms with Crippen LogP contribution in [0.1, 0.15) is 11.1 Å². The van der Waals surface area contributed by atoms with Crippen molar-refractivity contribution in [2.45, 2.75) is 12.8 Å². The smallest absolute Gasteiger partial charge is 0.395 e. The fraction of sp³-hybridized carbons (Fsp3) is 0.235. The minimum atomic E-state index is -0.864. The largest absolute Gasteiger partial charge is 0.519 e. The molecule has 0 heterocycles. The molecule has 0 saturated carbocycles. The Morgan fingerprint density at radius 2 is 1.09 bits per heavy atom. The molecule has 5 heteroatoms. The van der Waals surface area contributed by atoms with Crippen molar-refractivity contribution in [3.63, 3.8) is 0 Å². The van der Waals surface area contributed by atoms with Crippen LogP contribution in [-0.4, -0.2) is 19.5 Å². The zero-order chi connectivity index (χ0) is 15.8. The monoisotopic (exact) mass is 306 g/mol. The summed E-state index contributed by atoms with van der Waals surface area (Å²) in [6.45, 7) is -0.860. The molecule has 0 spiro atoms. The molecular formula is C17H16F2O3. The molecule has 2 rings (SSSR count). The first kappa shape index (κ1) is 15.9. The lowest BCUT2D eigenvalue weighted by atomic mass is 10.2. The van der Waals surface area contributed by atoms with Gasteiger partial charge in [0.05, 0.1) is 13.3 Å². The third kappa shape index (κ3) is 4.84. The van der Waals surface area contributed by atoms with Gasteiger partial charge in [0.25, 0.3) is 0 Å². The van der Waals surface area contributed by atoms with Crippen molar-refractivity contribution in [3.8, 4) is 11.5 Å². The van der Waals surface area contributed by atoms with Gasteiger partial charge in [-0.1, -0.05) is 24.3 Å². The molecule has 0 amide bonds. The van der Waals surface area contributed by atoms with Gasteiger partial charge in [0.2, 0.25) is 0 Å². The quantitative estimate of drug-likeness (QED) is 0.590. The van der Waals surface area contributed by atoms with Gasteiger partial charge in [-0.25, -0.2) is 4.79 Å². The minimum absolute atomic E-state index is 0.321. The van der Waals surface area contributed by atoms with E-state index in [9.17, 15) is 13.6 Å². The standard InChI is InChI=1S/C17H16F2O3/c18-11-9-13-1-5-15(6-2-13)21-17(20)22-16-7-3-14(4-8-16)10-12-19/h1-8H,9-12H2. The molecule has 0 aromatic heterocycles. The highest BCUT2D eigenvalue weighted by Crippen LogP contribution is 2.16. The van der Waals surface area contributed by atoms with E-state index >= 15 is 0 Å². The van der Waals surface area contributed by atoms with Gasteiger partial charge >= 0.3 is 6.16 Å². The highest BCUT2D eigenvalue weighted by atomic mass is 19.1. The van der Waals surface area contributed by atoms with Crippen LogP contribution in [0.5, 0.6) is 11.5 Å². The van der Waals surface area contributed by atoms with E-state index in [1.54, 1.807) is 48.5 Å². The van der Waals surface area contributed by atoms with E-state index in [1.165, 1.54) is 0 Å². The maximum absolute atomic E-state index is 12.2. The van der Waals surface area contributed by atoms with Crippen molar-refractivity contribution in [3.05, 3.63) is 59.7 Å². The molecule has 3 nitrogen and oxygen atoms in total. The van der Waals surface area contributed by atoms with Gasteiger partial charge in [-0.05, 0) is 35.4 Å². The van der Waals surface area contributed by atoms with Crippen LogP contribution in [0.4, 0.5) is 13.6 Å². The van der Waals surface area contributed by atoms with E-state index in [1.807, 2.05) is 0 Å². The first-order valence-electron chi connectivity index (χ1n) is 6.90. The summed E-state index contributed by atoms with van der Waals surface area (Å²) in [5.41, 5.74) is 1.65. The Kier molecular flexibility index (Phi) is 5.89. The molecule has 0 aliphatic carbocycles. The maximum atomic E-state index is 12.2. The Morgan fingerprint density at radius 3 is 1.41 bits per heavy atom. The summed E-state index contributed by atoms with van der Waals surface area (Å²) in [6, 6.07) is 13.1. The predicted molar refractivity (Wildman–Crippen MR) is 78.9 cm³/mol. The number of rotatable bonds is 6. The maximum Gasteiger partial charge on any atom is 0.519 e. The number of carbonyl (C=O) groups is 1. The van der Waals surface area contributed by atoms with E-state index in [-0.39, 0.29) is 0 Å². The van der Waals surface area contributed by atoms with Gasteiger partial charge < -0.3 is 9.47 Å². The van der Waals surface area contributed by atoms with E-state index < -0.39 is 19.5 Å². The molecular weight excluding hydrogens is 290 g/mol. The summed E-state index contributed by atoms with van der Waals surface area (Å²) in [7, 11) is 0. The van der Waals surface area contributed by atoms with Gasteiger partial charge in [0, 0.05) is 12.8 Å². The van der Waals surface area contributed by atoms with Crippen LogP contribution in [-0.2, 0) is 12.8 Å². The lowest BCUT2D eigenvalue weighted by Gasteiger charge is -2.06. The number of ether oxygens (including phenoxy) is 2. The molecule has 0 N–H and O–H groups in total. The number of benzene rings is 2. The molecule has 2 aromatic carbocycles. The second kappa shape index (κ2) is 8.12. The molecule has 0 bridgehead atoms. The topological polar surface area (TPSA) is 35.5 Å². The lowest BCUT2D eigenvalue weighted by molar-refractivity contribution is 0.152. The van der Waals surface area contributed by atoms with Crippen LogP contribution in [0, 0.1) is 0 Å². The fourth-order valence-electron chi connectivity index (χ4n) is 1.88. The van der Waals surface area contributed by atoms with Crippen LogP contribution < -0.4 is 9.47 Å². The van der Waals surface area contributed by atoms with Crippen molar-refractivity contribution < 1.29 is 23.0 Å². The molecule has 116 valence electrons. The van der Waals surface area contributed by atoms with E-state index in [4.69, 9.17) is 9.47 Å². The average molecular weight is 306 g/mol. The second-order valence-corrected chi connectivity index (χ2v) is 4.62. The van der Waals surface area contributed by atoms with Gasteiger partial charge in [0.15, 0.2) is 0 Å². The van der Waals surface area contributed by atoms with E-state index in [0.29, 0.717) is 24.3 Å². The number of halogens is 2. The normalized spacial score (nSPS) is 10.3. The van der Waals surface area contributed by atoms with Crippen molar-refractivity contribution in [1.82, 2.24) is 0 Å². The molecule has 0 saturated heterocycles. The minimum Gasteiger partial charge on any atom is -0.395 e. The van der Waals surface area contributed by atoms with Gasteiger partial charge in [-0.3, -0.25) is 8.78 Å². The van der Waals surface area contributed by atoms with E-state index in [2.05, 4.69) is 0 Å². The average Bonchev–Trinajstić information content (AvgIpc) is 2.52. The van der Waals surface area contributed by atoms with Gasteiger partial charge in [-0.2, -0.15) is 0 Å². The molecule has 0 aliphatic rings. The van der Waals surface area contributed by atoms with Crippen LogP contribution in [0.3, 0.4) is 0 Å². The fourth-order valence-corrected chi connectivity index (χ4v) is 1.88. The zero-order valence-electron chi connectivity index (χ0n) is 11.9. The van der Waals surface area contributed by atoms with Crippen molar-refractivity contribution in [2.24, 2.45) is 0 Å². The third-order valence-electron chi connectivity index (χ3n) is 3.02. The number of carbonyl (C=O) groups excluding carboxylic acids is 1. The van der Waals surface area contributed by atoms with Crippen molar-refractivity contribution in [2.75, 3.05) is 13.3 Å². The Hall–Kier alpha value is -2.43. The predicted octanol–water partition coefficient (Wildman–Crippen LogP) is 4.29. The summed E-state index contributed by atoms with van der Waals surface area (Å²) < 4.78 is 34.4. The molecule has 0 unspecified atom stereocenters. The SMILES string of the molecule is O=C(Oc1ccc(CCF)cc1)Oc1ccc(CCF)cc1. The zero-order valence-corrected chi connectivity index (χ0v) is 11.9. The molecule has 0 fully saturated rings. The summed E-state index contributed by atoms with van der Waals surface area (Å²) >= 11 is 0. The molecule has 0 aliphatic heterocycles. The summed E-state index contributed by atoms with van der Waals surface area (Å²) in [4.78, 5) is 11.6. The molecule has 22 heavy (non-hydrogen) atoms. The number of hydrogen-bond donors (Lipinski definition) is 0. The third-order valence-corrected chi connectivity index (χ3v) is 3.02. The number of hydrogen-bond acceptors (Lipinski definition) is 3. The van der Waals surface area contributed by atoms with Crippen molar-refractivity contribution >= 4 is 6.16 Å². The Morgan fingerprint density at radius 1 is 0.727 bits per heavy atom. The summed E-state index contributed by atoms with van der Waals surface area (Å²) in [5, 5.41) is 0. The Labute approximate surface area is 127 Å². The summed E-state index contributed by atoms with van der Waals surface area (Å²) in [6.07, 6.45) is -0.206. The molecule has 0 radical (unpaired) electrons. The van der Waals surface area contributed by atoms with Gasteiger partial charge in [0.1, 0.15) is 11.5 Å². The molecule has 2 aromatic rings. The number of aryl methyl sites for hydroxylation is 2. The van der Waals surface area contributed by atoms with Gasteiger partial charge in [-0.15, -0.1) is 0 Å². The lowest BCUT2D eigenvalue weighted by Crippen LogP contribution is -2.13. The van der Waals surface area contributed by atoms with Crippen molar-refractivity contribution in [1.29, 1.82) is 0 Å². The first-order valence-corrected chi connectivity index (χ1v) is 6.90.